The summed E-state index contributed by atoms with van der Waals surface area (Å²) in [4.78, 5) is 44.8. The maximum absolute atomic E-state index is 13.5. The first-order valence-electron chi connectivity index (χ1n) is 14.5. The van der Waals surface area contributed by atoms with E-state index in [4.69, 9.17) is 0 Å². The Hall–Kier alpha value is -5.11. The van der Waals surface area contributed by atoms with Crippen molar-refractivity contribution in [2.45, 2.75) is 19.9 Å². The number of anilines is 3. The highest BCUT2D eigenvalue weighted by atomic mass is 16.2. The molecule has 0 radical (unpaired) electrons. The SMILES string of the molecule is CC(C)NC(=O)N1CCN(c2ccccc2N(C)C(=O)c2ccc(NC(=O)c3ccccc3-c3ccccc3)cc2)CC1. The van der Waals surface area contributed by atoms with Gasteiger partial charge in [-0.15, -0.1) is 0 Å². The van der Waals surface area contributed by atoms with Gasteiger partial charge in [0.25, 0.3) is 11.8 Å². The minimum atomic E-state index is -0.216. The van der Waals surface area contributed by atoms with Gasteiger partial charge in [-0.2, -0.15) is 0 Å². The molecule has 0 spiro atoms. The fourth-order valence-corrected chi connectivity index (χ4v) is 5.25. The van der Waals surface area contributed by atoms with E-state index in [1.54, 1.807) is 36.2 Å². The Morgan fingerprint density at radius 2 is 1.37 bits per heavy atom. The fourth-order valence-electron chi connectivity index (χ4n) is 5.25. The number of nitrogens with one attached hydrogen (secondary N) is 2. The van der Waals surface area contributed by atoms with Crippen molar-refractivity contribution < 1.29 is 14.4 Å². The number of carbonyl (C=O) groups is 3. The van der Waals surface area contributed by atoms with E-state index in [1.807, 2.05) is 97.6 Å². The van der Waals surface area contributed by atoms with Crippen LogP contribution in [0, 0.1) is 0 Å². The van der Waals surface area contributed by atoms with Crippen molar-refractivity contribution in [3.05, 3.63) is 114 Å². The summed E-state index contributed by atoms with van der Waals surface area (Å²) < 4.78 is 0. The van der Waals surface area contributed by atoms with Gasteiger partial charge >= 0.3 is 6.03 Å². The maximum Gasteiger partial charge on any atom is 0.317 e. The average molecular weight is 576 g/mol. The molecule has 43 heavy (non-hydrogen) atoms. The molecule has 0 atom stereocenters. The highest BCUT2D eigenvalue weighted by Crippen LogP contribution is 2.31. The Morgan fingerprint density at radius 1 is 0.744 bits per heavy atom. The largest absolute Gasteiger partial charge is 0.366 e. The number of nitrogens with zero attached hydrogens (tertiary/aromatic N) is 3. The van der Waals surface area contributed by atoms with Crippen LogP contribution in [0.25, 0.3) is 11.1 Å². The molecule has 0 bridgehead atoms. The lowest BCUT2D eigenvalue weighted by molar-refractivity contribution is 0.0991. The quantitative estimate of drug-likeness (QED) is 0.278. The minimum Gasteiger partial charge on any atom is -0.366 e. The van der Waals surface area contributed by atoms with Crippen LogP contribution in [0.2, 0.25) is 0 Å². The lowest BCUT2D eigenvalue weighted by atomic mass is 9.99. The highest BCUT2D eigenvalue weighted by molar-refractivity contribution is 6.10. The van der Waals surface area contributed by atoms with Gasteiger partial charge in [0.15, 0.2) is 0 Å². The van der Waals surface area contributed by atoms with Crippen molar-refractivity contribution in [2.75, 3.05) is 48.3 Å². The number of benzene rings is 4. The summed E-state index contributed by atoms with van der Waals surface area (Å²) in [5, 5.41) is 5.92. The standard InChI is InChI=1S/C35H37N5O3/c1-25(2)36-35(43)40-23-21-39(22-24-40)32-16-10-9-15-31(32)38(3)34(42)27-17-19-28(20-18-27)37-33(41)30-14-8-7-13-29(30)26-11-5-4-6-12-26/h4-20,25H,21-24H2,1-3H3,(H,36,43)(H,37,41). The molecule has 1 fully saturated rings. The van der Waals surface area contributed by atoms with E-state index in [0.29, 0.717) is 43.0 Å². The van der Waals surface area contributed by atoms with E-state index in [1.165, 1.54) is 0 Å². The van der Waals surface area contributed by atoms with Crippen molar-refractivity contribution in [3.63, 3.8) is 0 Å². The molecule has 220 valence electrons. The van der Waals surface area contributed by atoms with Crippen molar-refractivity contribution in [1.29, 1.82) is 0 Å². The lowest BCUT2D eigenvalue weighted by Crippen LogP contribution is -2.53. The minimum absolute atomic E-state index is 0.0460. The molecule has 0 saturated carbocycles. The molecule has 8 nitrogen and oxygen atoms in total. The maximum atomic E-state index is 13.5. The number of rotatable bonds is 7. The van der Waals surface area contributed by atoms with Crippen molar-refractivity contribution in [2.24, 2.45) is 0 Å². The van der Waals surface area contributed by atoms with Gasteiger partial charge in [0, 0.05) is 56.1 Å². The summed E-state index contributed by atoms with van der Waals surface area (Å²) in [6, 6.07) is 32.1. The molecular formula is C35H37N5O3. The molecule has 1 aliphatic rings. The third kappa shape index (κ3) is 6.86. The van der Waals surface area contributed by atoms with Crippen LogP contribution in [0.5, 0.6) is 0 Å². The van der Waals surface area contributed by atoms with Crippen LogP contribution < -0.4 is 20.4 Å². The molecule has 8 heteroatoms. The first kappa shape index (κ1) is 29.4. The predicted octanol–water partition coefficient (Wildman–Crippen LogP) is 6.12. The van der Waals surface area contributed by atoms with Crippen molar-refractivity contribution in [1.82, 2.24) is 10.2 Å². The first-order valence-corrected chi connectivity index (χ1v) is 14.5. The zero-order chi connectivity index (χ0) is 30.3. The second-order valence-electron chi connectivity index (χ2n) is 10.9. The van der Waals surface area contributed by atoms with Crippen molar-refractivity contribution in [3.8, 4) is 11.1 Å². The topological polar surface area (TPSA) is 85.0 Å². The molecule has 1 heterocycles. The Morgan fingerprint density at radius 3 is 2.07 bits per heavy atom. The number of para-hydroxylation sites is 2. The molecule has 4 amide bonds. The van der Waals surface area contributed by atoms with Crippen LogP contribution in [0.15, 0.2) is 103 Å². The predicted molar refractivity (Wildman–Crippen MR) is 173 cm³/mol. The normalized spacial score (nSPS) is 13.0. The Balaban J connectivity index is 1.25. The molecule has 4 aromatic carbocycles. The summed E-state index contributed by atoms with van der Waals surface area (Å²) in [5.41, 5.74) is 5.25. The van der Waals surface area contributed by atoms with Crippen LogP contribution in [-0.4, -0.2) is 62.0 Å². The highest BCUT2D eigenvalue weighted by Gasteiger charge is 2.25. The van der Waals surface area contributed by atoms with Crippen LogP contribution in [-0.2, 0) is 0 Å². The van der Waals surface area contributed by atoms with E-state index < -0.39 is 0 Å². The number of amides is 4. The third-order valence-electron chi connectivity index (χ3n) is 7.51. The molecule has 1 saturated heterocycles. The number of urea groups is 1. The molecule has 1 aliphatic heterocycles. The molecule has 5 rings (SSSR count). The molecule has 0 unspecified atom stereocenters. The van der Waals surface area contributed by atoms with Gasteiger partial charge in [0.05, 0.1) is 11.4 Å². The fraction of sp³-hybridized carbons (Fsp3) is 0.229. The van der Waals surface area contributed by atoms with Crippen LogP contribution in [0.3, 0.4) is 0 Å². The molecule has 2 N–H and O–H groups in total. The smallest absolute Gasteiger partial charge is 0.317 e. The van der Waals surface area contributed by atoms with Crippen LogP contribution >= 0.6 is 0 Å². The summed E-state index contributed by atoms with van der Waals surface area (Å²) >= 11 is 0. The van der Waals surface area contributed by atoms with E-state index in [2.05, 4.69) is 15.5 Å². The van der Waals surface area contributed by atoms with Crippen molar-refractivity contribution >= 4 is 34.9 Å². The Bertz CT molecular complexity index is 1580. The average Bonchev–Trinajstić information content (AvgIpc) is 3.04. The molecule has 4 aromatic rings. The van der Waals surface area contributed by atoms with Gasteiger partial charge in [-0.25, -0.2) is 4.79 Å². The summed E-state index contributed by atoms with van der Waals surface area (Å²) in [6.45, 7) is 6.46. The van der Waals surface area contributed by atoms with Gasteiger partial charge in [-0.3, -0.25) is 9.59 Å². The molecule has 0 aliphatic carbocycles. The van der Waals surface area contributed by atoms with E-state index in [-0.39, 0.29) is 23.9 Å². The van der Waals surface area contributed by atoms with E-state index in [9.17, 15) is 14.4 Å². The first-order chi connectivity index (χ1) is 20.8. The number of carbonyl (C=O) groups excluding carboxylic acids is 3. The van der Waals surface area contributed by atoms with Crippen LogP contribution in [0.1, 0.15) is 34.6 Å². The number of hydrogen-bond acceptors (Lipinski definition) is 4. The van der Waals surface area contributed by atoms with Gasteiger partial charge in [0.1, 0.15) is 0 Å². The monoisotopic (exact) mass is 575 g/mol. The molecular weight excluding hydrogens is 538 g/mol. The Labute approximate surface area is 252 Å². The Kier molecular flexibility index (Phi) is 9.05. The third-order valence-corrected chi connectivity index (χ3v) is 7.51. The zero-order valence-corrected chi connectivity index (χ0v) is 24.8. The summed E-state index contributed by atoms with van der Waals surface area (Å²) in [7, 11) is 1.77. The van der Waals surface area contributed by atoms with E-state index in [0.717, 1.165) is 22.5 Å². The number of hydrogen-bond donors (Lipinski definition) is 2. The van der Waals surface area contributed by atoms with Gasteiger partial charge in [-0.1, -0.05) is 60.7 Å². The zero-order valence-electron chi connectivity index (χ0n) is 24.8. The second-order valence-corrected chi connectivity index (χ2v) is 10.9. The van der Waals surface area contributed by atoms with Crippen LogP contribution in [0.4, 0.5) is 21.9 Å². The van der Waals surface area contributed by atoms with E-state index >= 15 is 0 Å². The second kappa shape index (κ2) is 13.2. The summed E-state index contributed by atoms with van der Waals surface area (Å²) in [5.74, 6) is -0.374. The van der Waals surface area contributed by atoms with Gasteiger partial charge in [0.2, 0.25) is 0 Å². The summed E-state index contributed by atoms with van der Waals surface area (Å²) in [6.07, 6.45) is 0. The van der Waals surface area contributed by atoms with Gasteiger partial charge < -0.3 is 25.3 Å². The molecule has 0 aromatic heterocycles. The van der Waals surface area contributed by atoms with Gasteiger partial charge in [-0.05, 0) is 67.4 Å². The lowest BCUT2D eigenvalue weighted by Gasteiger charge is -2.38. The number of piperazine rings is 1.